The molecule has 1 aliphatic heterocycles. The van der Waals surface area contributed by atoms with Crippen molar-refractivity contribution in [2.75, 3.05) is 31.1 Å². The molecule has 0 spiro atoms. The second kappa shape index (κ2) is 13.0. The number of amides is 1. The molecule has 2 atom stereocenters. The van der Waals surface area contributed by atoms with Crippen LogP contribution in [0.15, 0.2) is 127 Å². The van der Waals surface area contributed by atoms with Crippen LogP contribution in [0.1, 0.15) is 44.7 Å². The summed E-state index contributed by atoms with van der Waals surface area (Å²) >= 11 is 12.6. The number of imidazole rings is 1. The van der Waals surface area contributed by atoms with E-state index in [1.54, 1.807) is 12.1 Å². The summed E-state index contributed by atoms with van der Waals surface area (Å²) in [5, 5.41) is 1.41. The second-order valence-electron chi connectivity index (χ2n) is 11.6. The Bertz CT molecular complexity index is 1950. The Kier molecular flexibility index (Phi) is 8.50. The molecule has 0 radical (unpaired) electrons. The van der Waals surface area contributed by atoms with Gasteiger partial charge in [-0.2, -0.15) is 0 Å². The maximum atomic E-state index is 12.2. The molecule has 7 rings (SSSR count). The summed E-state index contributed by atoms with van der Waals surface area (Å²) in [5.41, 5.74) is 12.4. The third-order valence-electron chi connectivity index (χ3n) is 8.78. The number of halogens is 2. The van der Waals surface area contributed by atoms with Crippen LogP contribution < -0.4 is 10.6 Å². The lowest BCUT2D eigenvalue weighted by molar-refractivity contribution is 0.100. The van der Waals surface area contributed by atoms with Crippen LogP contribution in [0, 0.1) is 0 Å². The molecule has 0 saturated carbocycles. The molecule has 2 N–H and O–H groups in total. The van der Waals surface area contributed by atoms with Crippen molar-refractivity contribution < 1.29 is 4.79 Å². The van der Waals surface area contributed by atoms with Gasteiger partial charge in [0.05, 0.1) is 23.1 Å². The highest BCUT2D eigenvalue weighted by Gasteiger charge is 2.31. The van der Waals surface area contributed by atoms with Crippen LogP contribution in [0.3, 0.4) is 0 Å². The van der Waals surface area contributed by atoms with Crippen LogP contribution in [0.4, 0.5) is 5.95 Å². The maximum Gasteiger partial charge on any atom is 0.248 e. The summed E-state index contributed by atoms with van der Waals surface area (Å²) in [6, 6.07) is 42.7. The van der Waals surface area contributed by atoms with E-state index in [1.165, 1.54) is 11.1 Å². The Morgan fingerprint density at radius 2 is 1.13 bits per heavy atom. The van der Waals surface area contributed by atoms with E-state index in [4.69, 9.17) is 33.9 Å². The molecule has 1 aromatic heterocycles. The molecule has 230 valence electrons. The molecule has 1 saturated heterocycles. The van der Waals surface area contributed by atoms with Crippen molar-refractivity contribution in [2.24, 2.45) is 5.73 Å². The van der Waals surface area contributed by atoms with Crippen molar-refractivity contribution in [1.82, 2.24) is 14.5 Å². The fourth-order valence-corrected chi connectivity index (χ4v) is 6.81. The Morgan fingerprint density at radius 3 is 1.67 bits per heavy atom. The minimum atomic E-state index is -0.474. The fraction of sp³-hybridized carbons (Fsp3) is 0.158. The number of benzene rings is 5. The molecule has 1 aliphatic rings. The molecule has 1 amide bonds. The van der Waals surface area contributed by atoms with E-state index in [2.05, 4.69) is 93.2 Å². The second-order valence-corrected chi connectivity index (χ2v) is 12.5. The van der Waals surface area contributed by atoms with Gasteiger partial charge in [0.15, 0.2) is 0 Å². The molecule has 2 heterocycles. The number of rotatable bonds is 8. The van der Waals surface area contributed by atoms with Crippen molar-refractivity contribution in [3.8, 4) is 0 Å². The van der Waals surface area contributed by atoms with E-state index in [1.807, 2.05) is 36.4 Å². The van der Waals surface area contributed by atoms with Crippen molar-refractivity contribution in [3.05, 3.63) is 165 Å². The number of hydrogen-bond donors (Lipinski definition) is 1. The normalized spacial score (nSPS) is 15.1. The third-order valence-corrected chi connectivity index (χ3v) is 9.28. The van der Waals surface area contributed by atoms with Crippen LogP contribution in [0.5, 0.6) is 0 Å². The van der Waals surface area contributed by atoms with Gasteiger partial charge in [-0.15, -0.1) is 0 Å². The molecule has 8 heteroatoms. The van der Waals surface area contributed by atoms with Gasteiger partial charge in [-0.3, -0.25) is 14.3 Å². The summed E-state index contributed by atoms with van der Waals surface area (Å²) in [6.07, 6.45) is 0. The molecule has 0 bridgehead atoms. The molecular weight excluding hydrogens is 613 g/mol. The van der Waals surface area contributed by atoms with Crippen LogP contribution >= 0.6 is 23.2 Å². The van der Waals surface area contributed by atoms with Gasteiger partial charge in [0.2, 0.25) is 11.9 Å². The van der Waals surface area contributed by atoms with Gasteiger partial charge in [0, 0.05) is 41.8 Å². The van der Waals surface area contributed by atoms with Crippen LogP contribution in [-0.2, 0) is 0 Å². The minimum absolute atomic E-state index is 0.101. The summed E-state index contributed by atoms with van der Waals surface area (Å²) in [6.45, 7) is 3.19. The lowest BCUT2D eigenvalue weighted by Gasteiger charge is -2.40. The van der Waals surface area contributed by atoms with Crippen molar-refractivity contribution in [2.45, 2.75) is 12.1 Å². The first kappa shape index (κ1) is 30.1. The van der Waals surface area contributed by atoms with Crippen LogP contribution in [-0.4, -0.2) is 46.5 Å². The monoisotopic (exact) mass is 645 g/mol. The Morgan fingerprint density at radius 1 is 0.630 bits per heavy atom. The number of piperazine rings is 1. The van der Waals surface area contributed by atoms with Gasteiger partial charge in [-0.1, -0.05) is 108 Å². The summed E-state index contributed by atoms with van der Waals surface area (Å²) in [4.78, 5) is 22.2. The zero-order valence-corrected chi connectivity index (χ0v) is 26.6. The van der Waals surface area contributed by atoms with E-state index >= 15 is 0 Å². The first-order valence-electron chi connectivity index (χ1n) is 15.4. The molecular formula is C38H33Cl2N5O. The van der Waals surface area contributed by atoms with E-state index in [-0.39, 0.29) is 12.1 Å². The van der Waals surface area contributed by atoms with Gasteiger partial charge >= 0.3 is 0 Å². The van der Waals surface area contributed by atoms with E-state index in [0.717, 1.165) is 59.3 Å². The average Bonchev–Trinajstić information content (AvgIpc) is 3.46. The van der Waals surface area contributed by atoms with Crippen molar-refractivity contribution in [3.63, 3.8) is 0 Å². The number of aromatic nitrogens is 2. The number of primary amides is 1. The number of nitrogens with two attached hydrogens (primary N) is 1. The summed E-state index contributed by atoms with van der Waals surface area (Å²) in [7, 11) is 0. The van der Waals surface area contributed by atoms with Gasteiger partial charge in [0.25, 0.3) is 0 Å². The minimum Gasteiger partial charge on any atom is -0.366 e. The molecule has 6 aromatic rings. The first-order valence-corrected chi connectivity index (χ1v) is 16.1. The molecule has 6 nitrogen and oxygen atoms in total. The zero-order chi connectivity index (χ0) is 31.6. The molecule has 1 fully saturated rings. The van der Waals surface area contributed by atoms with E-state index < -0.39 is 5.91 Å². The highest BCUT2D eigenvalue weighted by molar-refractivity contribution is 6.30. The molecule has 2 unspecified atom stereocenters. The molecule has 5 aromatic carbocycles. The zero-order valence-electron chi connectivity index (χ0n) is 25.1. The largest absolute Gasteiger partial charge is 0.366 e. The predicted octanol–water partition coefficient (Wildman–Crippen LogP) is 7.99. The van der Waals surface area contributed by atoms with Gasteiger partial charge in [-0.25, -0.2) is 4.98 Å². The number of carbonyl (C=O) groups is 1. The van der Waals surface area contributed by atoms with Crippen molar-refractivity contribution >= 4 is 46.1 Å². The molecule has 0 aliphatic carbocycles. The average molecular weight is 647 g/mol. The fourth-order valence-electron chi connectivity index (χ4n) is 6.56. The van der Waals surface area contributed by atoms with Gasteiger partial charge < -0.3 is 10.6 Å². The van der Waals surface area contributed by atoms with Crippen LogP contribution in [0.2, 0.25) is 10.0 Å². The quantitative estimate of drug-likeness (QED) is 0.182. The highest BCUT2D eigenvalue weighted by Crippen LogP contribution is 2.37. The summed E-state index contributed by atoms with van der Waals surface area (Å²) in [5.74, 6) is 0.376. The lowest BCUT2D eigenvalue weighted by atomic mass is 9.96. The smallest absolute Gasteiger partial charge is 0.248 e. The highest BCUT2D eigenvalue weighted by atomic mass is 35.5. The SMILES string of the molecule is NC(=O)c1ccc2c(c1)nc(N1CCN(C(c3ccccc3)c3ccc(Cl)cc3)CC1)n2C(c1ccccc1)c1ccc(Cl)cc1. The predicted molar refractivity (Wildman–Crippen MR) is 187 cm³/mol. The maximum absolute atomic E-state index is 12.2. The number of anilines is 1. The standard InChI is InChI=1S/C38H33Cl2N5O/c39-31-16-11-28(12-17-31)35(26-7-3-1-4-8-26)43-21-23-44(24-22-43)38-42-33-25-30(37(41)46)15-20-34(33)45(38)36(27-9-5-2-6-10-27)29-13-18-32(40)19-14-29/h1-20,25,35-36H,21-24H2,(H2,41,46). The Balaban J connectivity index is 1.30. The first-order chi connectivity index (χ1) is 22.5. The Labute approximate surface area is 278 Å². The third kappa shape index (κ3) is 5.99. The number of carbonyl (C=O) groups excluding carboxylic acids is 1. The van der Waals surface area contributed by atoms with Crippen molar-refractivity contribution in [1.29, 1.82) is 0 Å². The van der Waals surface area contributed by atoms with E-state index in [0.29, 0.717) is 10.6 Å². The number of fused-ring (bicyclic) bond motifs is 1. The Hall–Kier alpha value is -4.62. The molecule has 46 heavy (non-hydrogen) atoms. The summed E-state index contributed by atoms with van der Waals surface area (Å²) < 4.78 is 2.29. The van der Waals surface area contributed by atoms with Gasteiger partial charge in [0.1, 0.15) is 0 Å². The lowest BCUT2D eigenvalue weighted by Crippen LogP contribution is -2.48. The van der Waals surface area contributed by atoms with Gasteiger partial charge in [-0.05, 0) is 64.7 Å². The number of hydrogen-bond acceptors (Lipinski definition) is 4. The van der Waals surface area contributed by atoms with Crippen LogP contribution in [0.25, 0.3) is 11.0 Å². The topological polar surface area (TPSA) is 67.4 Å². The number of nitrogens with zero attached hydrogens (tertiary/aromatic N) is 4. The van der Waals surface area contributed by atoms with E-state index in [9.17, 15) is 4.79 Å².